The average Bonchev–Trinajstić information content (AvgIpc) is 2.95. The Hall–Kier alpha value is -0.910. The van der Waals surface area contributed by atoms with Crippen LogP contribution in [0.3, 0.4) is 0 Å². The lowest BCUT2D eigenvalue weighted by atomic mass is 10.0. The number of nitrogens with one attached hydrogen (secondary N) is 1. The molecule has 1 fully saturated rings. The first-order valence-corrected chi connectivity index (χ1v) is 8.34. The van der Waals surface area contributed by atoms with E-state index in [1.165, 1.54) is 24.3 Å². The normalized spacial score (nSPS) is 20.1. The van der Waals surface area contributed by atoms with Crippen molar-refractivity contribution in [3.05, 3.63) is 23.8 Å². The van der Waals surface area contributed by atoms with E-state index in [-0.39, 0.29) is 6.79 Å². The Balaban J connectivity index is 1.47. The standard InChI is InChI=1S/C15H21NO3S/c17-13(9-16-8-11-3-5-20-6-4-11)12-1-2-14-15(7-12)19-10-18-14/h1-2,7,11,13,16-17H,3-6,8-10H2. The van der Waals surface area contributed by atoms with Crippen LogP contribution in [0.25, 0.3) is 0 Å². The van der Waals surface area contributed by atoms with Crippen LogP contribution in [0.1, 0.15) is 24.5 Å². The summed E-state index contributed by atoms with van der Waals surface area (Å²) in [7, 11) is 0. The van der Waals surface area contributed by atoms with Gasteiger partial charge in [-0.2, -0.15) is 11.8 Å². The predicted octanol–water partition coefficient (Wildman–Crippen LogP) is 2.18. The maximum atomic E-state index is 10.2. The molecule has 0 aliphatic carbocycles. The fraction of sp³-hybridized carbons (Fsp3) is 0.600. The molecule has 3 rings (SSSR count). The van der Waals surface area contributed by atoms with Gasteiger partial charge in [0.1, 0.15) is 0 Å². The maximum absolute atomic E-state index is 10.2. The van der Waals surface area contributed by atoms with Crippen LogP contribution < -0.4 is 14.8 Å². The molecule has 4 nitrogen and oxygen atoms in total. The van der Waals surface area contributed by atoms with Crippen molar-refractivity contribution in [2.75, 3.05) is 31.4 Å². The van der Waals surface area contributed by atoms with Gasteiger partial charge < -0.3 is 19.9 Å². The lowest BCUT2D eigenvalue weighted by Crippen LogP contribution is -2.29. The maximum Gasteiger partial charge on any atom is 0.231 e. The van der Waals surface area contributed by atoms with Crippen molar-refractivity contribution >= 4 is 11.8 Å². The Labute approximate surface area is 123 Å². The van der Waals surface area contributed by atoms with E-state index in [2.05, 4.69) is 5.32 Å². The zero-order valence-corrected chi connectivity index (χ0v) is 12.3. The van der Waals surface area contributed by atoms with Crippen LogP contribution in [0.2, 0.25) is 0 Å². The summed E-state index contributed by atoms with van der Waals surface area (Å²) >= 11 is 2.04. The topological polar surface area (TPSA) is 50.7 Å². The first-order valence-electron chi connectivity index (χ1n) is 7.19. The van der Waals surface area contributed by atoms with Crippen molar-refractivity contribution in [3.8, 4) is 11.5 Å². The highest BCUT2D eigenvalue weighted by atomic mass is 32.2. The molecule has 110 valence electrons. The third kappa shape index (κ3) is 3.40. The van der Waals surface area contributed by atoms with E-state index in [0.717, 1.165) is 29.5 Å². The van der Waals surface area contributed by atoms with Crippen molar-refractivity contribution < 1.29 is 14.6 Å². The summed E-state index contributed by atoms with van der Waals surface area (Å²) in [6.07, 6.45) is 2.08. The van der Waals surface area contributed by atoms with Gasteiger partial charge in [0.05, 0.1) is 6.10 Å². The van der Waals surface area contributed by atoms with Crippen LogP contribution in [-0.2, 0) is 0 Å². The monoisotopic (exact) mass is 295 g/mol. The zero-order valence-electron chi connectivity index (χ0n) is 11.5. The number of hydrogen-bond acceptors (Lipinski definition) is 5. The molecule has 0 aromatic heterocycles. The smallest absolute Gasteiger partial charge is 0.231 e. The summed E-state index contributed by atoms with van der Waals surface area (Å²) in [6.45, 7) is 1.86. The van der Waals surface area contributed by atoms with Crippen LogP contribution in [0, 0.1) is 5.92 Å². The number of ether oxygens (including phenoxy) is 2. The number of hydrogen-bond donors (Lipinski definition) is 2. The fourth-order valence-corrected chi connectivity index (χ4v) is 3.82. The quantitative estimate of drug-likeness (QED) is 0.872. The van der Waals surface area contributed by atoms with Crippen LogP contribution in [0.15, 0.2) is 18.2 Å². The molecular weight excluding hydrogens is 274 g/mol. The molecule has 1 atom stereocenters. The number of benzene rings is 1. The van der Waals surface area contributed by atoms with Gasteiger partial charge in [0, 0.05) is 6.54 Å². The van der Waals surface area contributed by atoms with Crippen LogP contribution in [0.5, 0.6) is 11.5 Å². The Morgan fingerprint density at radius 3 is 2.90 bits per heavy atom. The van der Waals surface area contributed by atoms with Crippen LogP contribution in [0.4, 0.5) is 0 Å². The van der Waals surface area contributed by atoms with Gasteiger partial charge in [-0.3, -0.25) is 0 Å². The minimum Gasteiger partial charge on any atom is -0.454 e. The molecule has 5 heteroatoms. The van der Waals surface area contributed by atoms with Gasteiger partial charge in [0.25, 0.3) is 0 Å². The number of aliphatic hydroxyl groups excluding tert-OH is 1. The van der Waals surface area contributed by atoms with Gasteiger partial charge in [0.15, 0.2) is 11.5 Å². The van der Waals surface area contributed by atoms with E-state index in [1.54, 1.807) is 0 Å². The summed E-state index contributed by atoms with van der Waals surface area (Å²) in [4.78, 5) is 0. The second-order valence-corrected chi connectivity index (χ2v) is 6.57. The van der Waals surface area contributed by atoms with Crippen molar-refractivity contribution in [2.24, 2.45) is 5.92 Å². The molecule has 1 unspecified atom stereocenters. The molecule has 0 radical (unpaired) electrons. The van der Waals surface area contributed by atoms with Gasteiger partial charge in [-0.15, -0.1) is 0 Å². The second kappa shape index (κ2) is 6.70. The van der Waals surface area contributed by atoms with Crippen LogP contribution in [-0.4, -0.2) is 36.5 Å². The molecule has 0 spiro atoms. The van der Waals surface area contributed by atoms with Crippen molar-refractivity contribution in [1.82, 2.24) is 5.32 Å². The highest BCUT2D eigenvalue weighted by Gasteiger charge is 2.17. The molecule has 2 heterocycles. The van der Waals surface area contributed by atoms with E-state index >= 15 is 0 Å². The van der Waals surface area contributed by atoms with E-state index < -0.39 is 6.10 Å². The number of rotatable bonds is 5. The molecule has 2 aliphatic rings. The van der Waals surface area contributed by atoms with Gasteiger partial charge in [-0.1, -0.05) is 6.07 Å². The molecular formula is C15H21NO3S. The van der Waals surface area contributed by atoms with E-state index in [0.29, 0.717) is 6.54 Å². The molecule has 1 aromatic carbocycles. The van der Waals surface area contributed by atoms with Crippen molar-refractivity contribution in [3.63, 3.8) is 0 Å². The van der Waals surface area contributed by atoms with Gasteiger partial charge in [-0.25, -0.2) is 0 Å². The van der Waals surface area contributed by atoms with Gasteiger partial charge in [-0.05, 0) is 54.5 Å². The lowest BCUT2D eigenvalue weighted by molar-refractivity contribution is 0.169. The van der Waals surface area contributed by atoms with Crippen molar-refractivity contribution in [1.29, 1.82) is 0 Å². The molecule has 20 heavy (non-hydrogen) atoms. The van der Waals surface area contributed by atoms with E-state index in [1.807, 2.05) is 30.0 Å². The van der Waals surface area contributed by atoms with E-state index in [4.69, 9.17) is 9.47 Å². The average molecular weight is 295 g/mol. The molecule has 0 bridgehead atoms. The summed E-state index contributed by atoms with van der Waals surface area (Å²) in [5.74, 6) is 4.80. The van der Waals surface area contributed by atoms with E-state index in [9.17, 15) is 5.11 Å². The third-order valence-corrected chi connectivity index (χ3v) is 4.94. The minimum atomic E-state index is -0.498. The number of aliphatic hydroxyl groups is 1. The summed E-state index contributed by atoms with van der Waals surface area (Å²) in [5.41, 5.74) is 0.876. The SMILES string of the molecule is OC(CNCC1CCSCC1)c1ccc2c(c1)OCO2. The molecule has 2 aliphatic heterocycles. The summed E-state index contributed by atoms with van der Waals surface area (Å²) in [5, 5.41) is 13.6. The minimum absolute atomic E-state index is 0.271. The lowest BCUT2D eigenvalue weighted by Gasteiger charge is -2.22. The Kier molecular flexibility index (Phi) is 4.70. The largest absolute Gasteiger partial charge is 0.454 e. The molecule has 0 saturated carbocycles. The number of fused-ring (bicyclic) bond motifs is 1. The van der Waals surface area contributed by atoms with Crippen LogP contribution >= 0.6 is 11.8 Å². The van der Waals surface area contributed by atoms with Gasteiger partial charge >= 0.3 is 0 Å². The molecule has 2 N–H and O–H groups in total. The Morgan fingerprint density at radius 1 is 1.25 bits per heavy atom. The summed E-state index contributed by atoms with van der Waals surface area (Å²) in [6, 6.07) is 5.63. The highest BCUT2D eigenvalue weighted by molar-refractivity contribution is 7.99. The predicted molar refractivity (Wildman–Crippen MR) is 80.4 cm³/mol. The highest BCUT2D eigenvalue weighted by Crippen LogP contribution is 2.34. The Bertz CT molecular complexity index is 449. The second-order valence-electron chi connectivity index (χ2n) is 5.34. The molecule has 1 aromatic rings. The molecule has 0 amide bonds. The first kappa shape index (κ1) is 14.0. The van der Waals surface area contributed by atoms with Gasteiger partial charge in [0.2, 0.25) is 6.79 Å². The summed E-state index contributed by atoms with van der Waals surface area (Å²) < 4.78 is 10.6. The fourth-order valence-electron chi connectivity index (χ4n) is 2.61. The third-order valence-electron chi connectivity index (χ3n) is 3.89. The van der Waals surface area contributed by atoms with Crippen molar-refractivity contribution in [2.45, 2.75) is 18.9 Å². The number of thioether (sulfide) groups is 1. The first-order chi connectivity index (χ1) is 9.83. The Morgan fingerprint density at radius 2 is 2.05 bits per heavy atom. The zero-order chi connectivity index (χ0) is 13.8. The molecule has 1 saturated heterocycles.